The molecule has 0 unspecified atom stereocenters. The molecule has 2 nitrogen and oxygen atoms in total. The van der Waals surface area contributed by atoms with Gasteiger partial charge in [-0.3, -0.25) is 4.98 Å². The molecule has 0 saturated heterocycles. The van der Waals surface area contributed by atoms with Gasteiger partial charge in [-0.25, -0.2) is 4.39 Å². The summed E-state index contributed by atoms with van der Waals surface area (Å²) < 4.78 is 13.0. The van der Waals surface area contributed by atoms with Crippen LogP contribution in [0, 0.1) is 12.7 Å². The molecule has 4 heteroatoms. The Morgan fingerprint density at radius 2 is 2.00 bits per heavy atom. The predicted octanol–water partition coefficient (Wildman–Crippen LogP) is 3.56. The van der Waals surface area contributed by atoms with E-state index in [1.54, 1.807) is 12.4 Å². The van der Waals surface area contributed by atoms with E-state index in [2.05, 4.69) is 4.98 Å². The van der Waals surface area contributed by atoms with Crippen LogP contribution in [0.3, 0.4) is 0 Å². The third-order valence-corrected chi connectivity index (χ3v) is 2.51. The van der Waals surface area contributed by atoms with Crippen LogP contribution >= 0.6 is 11.6 Å². The molecule has 0 amide bonds. The van der Waals surface area contributed by atoms with Crippen molar-refractivity contribution in [3.8, 4) is 16.9 Å². The Morgan fingerprint density at radius 3 is 2.69 bits per heavy atom. The lowest BCUT2D eigenvalue weighted by atomic mass is 10.1. The first-order valence-corrected chi connectivity index (χ1v) is 5.06. The van der Waals surface area contributed by atoms with Crippen molar-refractivity contribution in [3.05, 3.63) is 47.0 Å². The van der Waals surface area contributed by atoms with Crippen LogP contribution in [0.15, 0.2) is 30.6 Å². The molecular weight excluding hydrogens is 229 g/mol. The minimum atomic E-state index is -0.636. The van der Waals surface area contributed by atoms with Gasteiger partial charge in [-0.2, -0.15) is 0 Å². The molecule has 16 heavy (non-hydrogen) atoms. The van der Waals surface area contributed by atoms with Crippen molar-refractivity contribution in [2.75, 3.05) is 0 Å². The topological polar surface area (TPSA) is 33.1 Å². The molecule has 0 aliphatic rings. The molecule has 0 atom stereocenters. The van der Waals surface area contributed by atoms with E-state index in [4.69, 9.17) is 11.6 Å². The van der Waals surface area contributed by atoms with Gasteiger partial charge in [0.05, 0.1) is 5.02 Å². The number of benzene rings is 1. The van der Waals surface area contributed by atoms with Gasteiger partial charge in [0.15, 0.2) is 0 Å². The highest BCUT2D eigenvalue weighted by Crippen LogP contribution is 2.33. The summed E-state index contributed by atoms with van der Waals surface area (Å²) in [4.78, 5) is 4.01. The zero-order valence-corrected chi connectivity index (χ0v) is 9.29. The number of aryl methyl sites for hydroxylation is 1. The fourth-order valence-electron chi connectivity index (χ4n) is 1.47. The van der Waals surface area contributed by atoms with Crippen molar-refractivity contribution < 1.29 is 9.50 Å². The van der Waals surface area contributed by atoms with E-state index in [0.29, 0.717) is 11.1 Å². The summed E-state index contributed by atoms with van der Waals surface area (Å²) in [5, 5.41) is 9.61. The monoisotopic (exact) mass is 237 g/mol. The van der Waals surface area contributed by atoms with E-state index in [-0.39, 0.29) is 10.8 Å². The summed E-state index contributed by atoms with van der Waals surface area (Å²) in [6, 6.07) is 4.24. The third kappa shape index (κ3) is 1.99. The second kappa shape index (κ2) is 4.10. The van der Waals surface area contributed by atoms with Crippen LogP contribution < -0.4 is 0 Å². The highest BCUT2D eigenvalue weighted by atomic mass is 35.5. The lowest BCUT2D eigenvalue weighted by molar-refractivity contribution is 0.471. The van der Waals surface area contributed by atoms with Crippen LogP contribution in [0.5, 0.6) is 5.75 Å². The Labute approximate surface area is 97.3 Å². The molecule has 1 aromatic heterocycles. The van der Waals surface area contributed by atoms with Gasteiger partial charge >= 0.3 is 0 Å². The first-order chi connectivity index (χ1) is 7.58. The molecule has 0 spiro atoms. The molecule has 0 aliphatic heterocycles. The number of pyridine rings is 1. The Bertz CT molecular complexity index is 543. The van der Waals surface area contributed by atoms with Crippen LogP contribution in [0.1, 0.15) is 5.56 Å². The molecule has 0 fully saturated rings. The number of phenols is 1. The lowest BCUT2D eigenvalue weighted by Gasteiger charge is -2.06. The molecular formula is C12H9ClFNO. The molecule has 1 aromatic carbocycles. The maximum atomic E-state index is 13.0. The molecule has 0 aliphatic carbocycles. The molecule has 0 saturated carbocycles. The fourth-order valence-corrected chi connectivity index (χ4v) is 1.63. The van der Waals surface area contributed by atoms with E-state index >= 15 is 0 Å². The number of aromatic hydroxyl groups is 1. The van der Waals surface area contributed by atoms with E-state index in [9.17, 15) is 9.50 Å². The van der Waals surface area contributed by atoms with Gasteiger partial charge in [0, 0.05) is 29.6 Å². The molecule has 0 radical (unpaired) electrons. The van der Waals surface area contributed by atoms with E-state index in [0.717, 1.165) is 11.6 Å². The molecule has 1 heterocycles. The van der Waals surface area contributed by atoms with Gasteiger partial charge in [0.2, 0.25) is 0 Å². The highest BCUT2D eigenvalue weighted by molar-refractivity contribution is 6.31. The largest absolute Gasteiger partial charge is 0.507 e. The number of hydrogen-bond acceptors (Lipinski definition) is 2. The first-order valence-electron chi connectivity index (χ1n) is 4.68. The minimum Gasteiger partial charge on any atom is -0.507 e. The van der Waals surface area contributed by atoms with Crippen LogP contribution in [-0.2, 0) is 0 Å². The highest BCUT2D eigenvalue weighted by Gasteiger charge is 2.09. The summed E-state index contributed by atoms with van der Waals surface area (Å²) >= 11 is 5.67. The third-order valence-electron chi connectivity index (χ3n) is 2.22. The van der Waals surface area contributed by atoms with Gasteiger partial charge in [-0.05, 0) is 24.6 Å². The standard InChI is InChI=1S/C12H9ClFNO/c1-7-2-8(6-15-5-7)9-3-10(13)11(14)4-12(9)16/h2-6,16H,1H3. The summed E-state index contributed by atoms with van der Waals surface area (Å²) in [6.07, 6.45) is 3.29. The molecule has 82 valence electrons. The molecule has 1 N–H and O–H groups in total. The van der Waals surface area contributed by atoms with Gasteiger partial charge in [0.1, 0.15) is 11.6 Å². The zero-order chi connectivity index (χ0) is 11.7. The number of phenolic OH excluding ortho intramolecular Hbond substituents is 1. The van der Waals surface area contributed by atoms with E-state index in [1.165, 1.54) is 6.07 Å². The van der Waals surface area contributed by atoms with Gasteiger partial charge in [0.25, 0.3) is 0 Å². The fraction of sp³-hybridized carbons (Fsp3) is 0.0833. The molecule has 2 aromatic rings. The summed E-state index contributed by atoms with van der Waals surface area (Å²) in [7, 11) is 0. The van der Waals surface area contributed by atoms with Crippen LogP contribution in [0.4, 0.5) is 4.39 Å². The van der Waals surface area contributed by atoms with Crippen molar-refractivity contribution in [1.82, 2.24) is 4.98 Å². The maximum Gasteiger partial charge on any atom is 0.145 e. The van der Waals surface area contributed by atoms with E-state index in [1.807, 2.05) is 13.0 Å². The van der Waals surface area contributed by atoms with Crippen LogP contribution in [0.2, 0.25) is 5.02 Å². The lowest BCUT2D eigenvalue weighted by Crippen LogP contribution is -1.85. The van der Waals surface area contributed by atoms with Crippen LogP contribution in [0.25, 0.3) is 11.1 Å². The van der Waals surface area contributed by atoms with Gasteiger partial charge in [-0.1, -0.05) is 11.6 Å². The Balaban J connectivity index is 2.60. The number of nitrogens with zero attached hydrogens (tertiary/aromatic N) is 1. The second-order valence-corrected chi connectivity index (χ2v) is 3.94. The number of hydrogen-bond donors (Lipinski definition) is 1. The smallest absolute Gasteiger partial charge is 0.145 e. The summed E-state index contributed by atoms with van der Waals surface area (Å²) in [5.74, 6) is -0.780. The van der Waals surface area contributed by atoms with Crippen molar-refractivity contribution in [2.24, 2.45) is 0 Å². The van der Waals surface area contributed by atoms with Gasteiger partial charge < -0.3 is 5.11 Å². The van der Waals surface area contributed by atoms with Crippen LogP contribution in [-0.4, -0.2) is 10.1 Å². The van der Waals surface area contributed by atoms with Crippen molar-refractivity contribution in [1.29, 1.82) is 0 Å². The number of rotatable bonds is 1. The first kappa shape index (κ1) is 10.9. The minimum absolute atomic E-state index is 0.0192. The average Bonchev–Trinajstić information content (AvgIpc) is 2.23. The SMILES string of the molecule is Cc1cncc(-c2cc(Cl)c(F)cc2O)c1. The Morgan fingerprint density at radius 1 is 1.25 bits per heavy atom. The van der Waals surface area contributed by atoms with Crippen molar-refractivity contribution in [2.45, 2.75) is 6.92 Å². The second-order valence-electron chi connectivity index (χ2n) is 3.53. The van der Waals surface area contributed by atoms with Gasteiger partial charge in [-0.15, -0.1) is 0 Å². The normalized spacial score (nSPS) is 10.4. The van der Waals surface area contributed by atoms with Crippen molar-refractivity contribution >= 4 is 11.6 Å². The van der Waals surface area contributed by atoms with E-state index < -0.39 is 5.82 Å². The van der Waals surface area contributed by atoms with Crippen molar-refractivity contribution in [3.63, 3.8) is 0 Å². The maximum absolute atomic E-state index is 13.0. The molecule has 2 rings (SSSR count). The quantitative estimate of drug-likeness (QED) is 0.823. The predicted molar refractivity (Wildman–Crippen MR) is 61.0 cm³/mol. The zero-order valence-electron chi connectivity index (χ0n) is 8.54. The molecule has 0 bridgehead atoms. The Hall–Kier alpha value is -1.61. The average molecular weight is 238 g/mol. The summed E-state index contributed by atoms with van der Waals surface area (Å²) in [6.45, 7) is 1.89. The number of aromatic nitrogens is 1. The summed E-state index contributed by atoms with van der Waals surface area (Å²) in [5.41, 5.74) is 2.14. The number of halogens is 2. The Kier molecular flexibility index (Phi) is 2.79.